The molecule has 0 radical (unpaired) electrons. The predicted molar refractivity (Wildman–Crippen MR) is 56.5 cm³/mol. The molecule has 72 valence electrons. The molecule has 0 unspecified atom stereocenters. The molecule has 0 aromatic heterocycles. The molecular weight excluding hydrogens is 162 g/mol. The Hall–Kier alpha value is -1.18. The van der Waals surface area contributed by atoms with Gasteiger partial charge in [0.25, 0.3) is 0 Å². The molecule has 0 aliphatic carbocycles. The summed E-state index contributed by atoms with van der Waals surface area (Å²) < 4.78 is 5.44. The van der Waals surface area contributed by atoms with E-state index < -0.39 is 0 Å². The topological polar surface area (TPSA) is 21.3 Å². The zero-order valence-corrected chi connectivity index (χ0v) is 8.55. The minimum absolute atomic E-state index is 0.724. The fourth-order valence-electron chi connectivity index (χ4n) is 1.28. The van der Waals surface area contributed by atoms with Crippen LogP contribution in [0.15, 0.2) is 18.2 Å². The number of rotatable bonds is 4. The second kappa shape index (κ2) is 4.75. The van der Waals surface area contributed by atoms with Crippen LogP contribution >= 0.6 is 0 Å². The molecule has 0 aliphatic heterocycles. The molecule has 1 aromatic carbocycles. The van der Waals surface area contributed by atoms with Crippen LogP contribution in [0.5, 0.6) is 5.75 Å². The third-order valence-corrected chi connectivity index (χ3v) is 1.86. The van der Waals surface area contributed by atoms with Gasteiger partial charge in [0, 0.05) is 12.2 Å². The number of aryl methyl sites for hydroxylation is 1. The molecule has 2 heteroatoms. The van der Waals surface area contributed by atoms with Gasteiger partial charge in [-0.3, -0.25) is 0 Å². The summed E-state index contributed by atoms with van der Waals surface area (Å²) in [6.45, 7) is 7.82. The summed E-state index contributed by atoms with van der Waals surface area (Å²) in [4.78, 5) is 0. The molecule has 13 heavy (non-hydrogen) atoms. The van der Waals surface area contributed by atoms with E-state index >= 15 is 0 Å². The SMILES string of the molecule is CCNc1ccc(OCC)c(C)c1. The lowest BCUT2D eigenvalue weighted by atomic mass is 10.2. The van der Waals surface area contributed by atoms with Gasteiger partial charge >= 0.3 is 0 Å². The lowest BCUT2D eigenvalue weighted by Gasteiger charge is -2.09. The molecule has 2 nitrogen and oxygen atoms in total. The van der Waals surface area contributed by atoms with Crippen LogP contribution in [0.4, 0.5) is 5.69 Å². The molecule has 1 aromatic rings. The Morgan fingerprint density at radius 2 is 2.08 bits per heavy atom. The first-order valence-electron chi connectivity index (χ1n) is 4.75. The molecule has 0 aliphatic rings. The zero-order chi connectivity index (χ0) is 9.68. The Morgan fingerprint density at radius 1 is 1.31 bits per heavy atom. The quantitative estimate of drug-likeness (QED) is 0.767. The van der Waals surface area contributed by atoms with Crippen molar-refractivity contribution in [2.45, 2.75) is 20.8 Å². The number of nitrogens with one attached hydrogen (secondary N) is 1. The fourth-order valence-corrected chi connectivity index (χ4v) is 1.28. The van der Waals surface area contributed by atoms with Gasteiger partial charge in [-0.2, -0.15) is 0 Å². The van der Waals surface area contributed by atoms with Gasteiger partial charge in [0.05, 0.1) is 6.61 Å². The van der Waals surface area contributed by atoms with Gasteiger partial charge in [0.1, 0.15) is 5.75 Å². The van der Waals surface area contributed by atoms with Crippen molar-refractivity contribution in [1.82, 2.24) is 0 Å². The number of benzene rings is 1. The van der Waals surface area contributed by atoms with E-state index in [-0.39, 0.29) is 0 Å². The molecule has 0 fully saturated rings. The molecule has 0 atom stereocenters. The first-order chi connectivity index (χ1) is 6.27. The Labute approximate surface area is 79.9 Å². The van der Waals surface area contributed by atoms with Crippen LogP contribution in [-0.2, 0) is 0 Å². The number of hydrogen-bond acceptors (Lipinski definition) is 2. The zero-order valence-electron chi connectivity index (χ0n) is 8.55. The highest BCUT2D eigenvalue weighted by Crippen LogP contribution is 2.21. The van der Waals surface area contributed by atoms with Gasteiger partial charge < -0.3 is 10.1 Å². The van der Waals surface area contributed by atoms with Crippen LogP contribution in [0.25, 0.3) is 0 Å². The molecule has 0 saturated heterocycles. The average Bonchev–Trinajstić information content (AvgIpc) is 2.10. The van der Waals surface area contributed by atoms with E-state index in [1.807, 2.05) is 19.1 Å². The Morgan fingerprint density at radius 3 is 2.62 bits per heavy atom. The van der Waals surface area contributed by atoms with Crippen LogP contribution in [0.3, 0.4) is 0 Å². The summed E-state index contributed by atoms with van der Waals surface area (Å²) in [5, 5.41) is 3.26. The number of hydrogen-bond donors (Lipinski definition) is 1. The molecule has 0 amide bonds. The van der Waals surface area contributed by atoms with E-state index in [1.165, 1.54) is 5.56 Å². The maximum absolute atomic E-state index is 5.44. The summed E-state index contributed by atoms with van der Waals surface area (Å²) in [6.07, 6.45) is 0. The second-order valence-electron chi connectivity index (χ2n) is 2.94. The minimum Gasteiger partial charge on any atom is -0.494 e. The lowest BCUT2D eigenvalue weighted by molar-refractivity contribution is 0.338. The maximum Gasteiger partial charge on any atom is 0.122 e. The van der Waals surface area contributed by atoms with Crippen molar-refractivity contribution in [3.8, 4) is 5.75 Å². The summed E-state index contributed by atoms with van der Waals surface area (Å²) >= 11 is 0. The van der Waals surface area contributed by atoms with Crippen molar-refractivity contribution in [2.24, 2.45) is 0 Å². The predicted octanol–water partition coefficient (Wildman–Crippen LogP) is 2.83. The number of ether oxygens (including phenoxy) is 1. The van der Waals surface area contributed by atoms with Gasteiger partial charge in [-0.05, 0) is 44.5 Å². The third kappa shape index (κ3) is 2.65. The normalized spacial score (nSPS) is 9.77. The molecule has 1 N–H and O–H groups in total. The second-order valence-corrected chi connectivity index (χ2v) is 2.94. The van der Waals surface area contributed by atoms with Crippen LogP contribution in [-0.4, -0.2) is 13.2 Å². The Balaban J connectivity index is 2.79. The highest BCUT2D eigenvalue weighted by molar-refractivity contribution is 5.50. The highest BCUT2D eigenvalue weighted by Gasteiger charge is 1.98. The van der Waals surface area contributed by atoms with Gasteiger partial charge in [-0.1, -0.05) is 0 Å². The van der Waals surface area contributed by atoms with Gasteiger partial charge in [0.15, 0.2) is 0 Å². The third-order valence-electron chi connectivity index (χ3n) is 1.86. The minimum atomic E-state index is 0.724. The molecule has 0 saturated carbocycles. The molecule has 1 rings (SSSR count). The van der Waals surface area contributed by atoms with Crippen molar-refractivity contribution in [1.29, 1.82) is 0 Å². The summed E-state index contributed by atoms with van der Waals surface area (Å²) in [5.41, 5.74) is 2.34. The van der Waals surface area contributed by atoms with Crippen molar-refractivity contribution < 1.29 is 4.74 Å². The molecule has 0 spiro atoms. The molecule has 0 bridgehead atoms. The standard InChI is InChI=1S/C11H17NO/c1-4-12-10-6-7-11(13-5-2)9(3)8-10/h6-8,12H,4-5H2,1-3H3. The van der Waals surface area contributed by atoms with Crippen LogP contribution < -0.4 is 10.1 Å². The fraction of sp³-hybridized carbons (Fsp3) is 0.455. The number of anilines is 1. The monoisotopic (exact) mass is 179 g/mol. The lowest BCUT2D eigenvalue weighted by Crippen LogP contribution is -1.98. The van der Waals surface area contributed by atoms with E-state index in [4.69, 9.17) is 4.74 Å². The van der Waals surface area contributed by atoms with Crippen molar-refractivity contribution in [3.05, 3.63) is 23.8 Å². The van der Waals surface area contributed by atoms with Crippen molar-refractivity contribution in [2.75, 3.05) is 18.5 Å². The van der Waals surface area contributed by atoms with E-state index in [9.17, 15) is 0 Å². The Kier molecular flexibility index (Phi) is 3.62. The van der Waals surface area contributed by atoms with Gasteiger partial charge in [-0.15, -0.1) is 0 Å². The van der Waals surface area contributed by atoms with E-state index in [2.05, 4.69) is 25.2 Å². The van der Waals surface area contributed by atoms with Crippen LogP contribution in [0.2, 0.25) is 0 Å². The largest absolute Gasteiger partial charge is 0.494 e. The summed E-state index contributed by atoms with van der Waals surface area (Å²) in [5.74, 6) is 0.976. The summed E-state index contributed by atoms with van der Waals surface area (Å²) in [7, 11) is 0. The maximum atomic E-state index is 5.44. The molecule has 0 heterocycles. The van der Waals surface area contributed by atoms with Crippen LogP contribution in [0, 0.1) is 6.92 Å². The first kappa shape index (κ1) is 9.90. The van der Waals surface area contributed by atoms with E-state index in [1.54, 1.807) is 0 Å². The van der Waals surface area contributed by atoms with Gasteiger partial charge in [-0.25, -0.2) is 0 Å². The van der Waals surface area contributed by atoms with Crippen molar-refractivity contribution in [3.63, 3.8) is 0 Å². The van der Waals surface area contributed by atoms with E-state index in [0.29, 0.717) is 0 Å². The summed E-state index contributed by atoms with van der Waals surface area (Å²) in [6, 6.07) is 6.16. The smallest absolute Gasteiger partial charge is 0.122 e. The van der Waals surface area contributed by atoms with Gasteiger partial charge in [0.2, 0.25) is 0 Å². The first-order valence-corrected chi connectivity index (χ1v) is 4.75. The Bertz CT molecular complexity index is 271. The van der Waals surface area contributed by atoms with Crippen LogP contribution in [0.1, 0.15) is 19.4 Å². The molecular formula is C11H17NO. The average molecular weight is 179 g/mol. The van der Waals surface area contributed by atoms with Crippen molar-refractivity contribution >= 4 is 5.69 Å². The van der Waals surface area contributed by atoms with E-state index in [0.717, 1.165) is 24.6 Å². The highest BCUT2D eigenvalue weighted by atomic mass is 16.5.